The molecule has 0 saturated heterocycles. The zero-order valence-electron chi connectivity index (χ0n) is 9.02. The number of nitrogens with one attached hydrogen (secondary N) is 1. The Bertz CT molecular complexity index is 604. The van der Waals surface area contributed by atoms with Crippen LogP contribution < -0.4 is 5.32 Å². The van der Waals surface area contributed by atoms with Crippen molar-refractivity contribution in [1.82, 2.24) is 4.98 Å². The van der Waals surface area contributed by atoms with Gasteiger partial charge in [0.05, 0.1) is 16.8 Å². The smallest absolute Gasteiger partial charge is 0.258 e. The van der Waals surface area contributed by atoms with E-state index in [1.807, 2.05) is 0 Å². The van der Waals surface area contributed by atoms with E-state index in [0.717, 1.165) is 6.20 Å². The third-order valence-electron chi connectivity index (χ3n) is 2.22. The summed E-state index contributed by atoms with van der Waals surface area (Å²) in [6.45, 7) is 0. The minimum atomic E-state index is -0.715. The van der Waals surface area contributed by atoms with Gasteiger partial charge in [0.2, 0.25) is 0 Å². The summed E-state index contributed by atoms with van der Waals surface area (Å²) in [6.07, 6.45) is 2.27. The van der Waals surface area contributed by atoms with Gasteiger partial charge < -0.3 is 10.4 Å². The minimum Gasteiger partial charge on any atom is -0.506 e. The number of halogens is 2. The van der Waals surface area contributed by atoms with Crippen molar-refractivity contribution >= 4 is 23.2 Å². The lowest BCUT2D eigenvalue weighted by molar-refractivity contribution is 0.102. The molecule has 1 aromatic heterocycles. The summed E-state index contributed by atoms with van der Waals surface area (Å²) in [6, 6.07) is 5.47. The lowest BCUT2D eigenvalue weighted by Gasteiger charge is -2.06. The maximum atomic E-state index is 13.3. The van der Waals surface area contributed by atoms with E-state index in [1.165, 1.54) is 30.5 Å². The van der Waals surface area contributed by atoms with Gasteiger partial charge in [-0.25, -0.2) is 4.39 Å². The van der Waals surface area contributed by atoms with Crippen LogP contribution >= 0.6 is 11.6 Å². The van der Waals surface area contributed by atoms with Gasteiger partial charge in [0.25, 0.3) is 5.91 Å². The molecule has 2 N–H and O–H groups in total. The van der Waals surface area contributed by atoms with Crippen molar-refractivity contribution < 1.29 is 14.3 Å². The molecule has 0 aliphatic rings. The van der Waals surface area contributed by atoms with E-state index in [-0.39, 0.29) is 16.3 Å². The molecule has 0 unspecified atom stereocenters. The molecule has 2 rings (SSSR count). The SMILES string of the molecule is O=C(Nc1ccc(Cl)c(O)c1)c1ccncc1F. The van der Waals surface area contributed by atoms with Crippen LogP contribution in [0.1, 0.15) is 10.4 Å². The fraction of sp³-hybridized carbons (Fsp3) is 0. The molecule has 1 aromatic carbocycles. The molecule has 0 spiro atoms. The lowest BCUT2D eigenvalue weighted by atomic mass is 10.2. The maximum absolute atomic E-state index is 13.3. The number of nitrogens with zero attached hydrogens (tertiary/aromatic N) is 1. The van der Waals surface area contributed by atoms with E-state index in [0.29, 0.717) is 5.69 Å². The molecular weight excluding hydrogens is 259 g/mol. The first-order valence-electron chi connectivity index (χ1n) is 4.97. The Morgan fingerprint density at radius 2 is 2.17 bits per heavy atom. The number of carbonyl (C=O) groups excluding carboxylic acids is 1. The summed E-state index contributed by atoms with van der Waals surface area (Å²) >= 11 is 5.63. The standard InChI is InChI=1S/C12H8ClFN2O2/c13-9-2-1-7(5-11(9)17)16-12(18)8-3-4-15-6-10(8)14/h1-6,17H,(H,16,18). The Balaban J connectivity index is 2.22. The monoisotopic (exact) mass is 266 g/mol. The van der Waals surface area contributed by atoms with Crippen molar-refractivity contribution in [2.24, 2.45) is 0 Å². The molecule has 1 heterocycles. The summed E-state index contributed by atoms with van der Waals surface area (Å²) in [5.41, 5.74) is 0.192. The summed E-state index contributed by atoms with van der Waals surface area (Å²) in [4.78, 5) is 15.3. The fourth-order valence-corrected chi connectivity index (χ4v) is 1.47. The van der Waals surface area contributed by atoms with Gasteiger partial charge in [-0.2, -0.15) is 0 Å². The van der Waals surface area contributed by atoms with Gasteiger partial charge >= 0.3 is 0 Å². The van der Waals surface area contributed by atoms with Crippen molar-refractivity contribution in [3.8, 4) is 5.75 Å². The Labute approximate surface area is 107 Å². The molecule has 92 valence electrons. The largest absolute Gasteiger partial charge is 0.506 e. The number of hydrogen-bond donors (Lipinski definition) is 2. The topological polar surface area (TPSA) is 62.2 Å². The number of amides is 1. The predicted octanol–water partition coefficient (Wildman–Crippen LogP) is 2.83. The number of hydrogen-bond acceptors (Lipinski definition) is 3. The van der Waals surface area contributed by atoms with Gasteiger partial charge in [0.1, 0.15) is 5.75 Å². The highest BCUT2D eigenvalue weighted by atomic mass is 35.5. The van der Waals surface area contributed by atoms with E-state index in [4.69, 9.17) is 11.6 Å². The number of pyridine rings is 1. The molecular formula is C12H8ClFN2O2. The average molecular weight is 267 g/mol. The molecule has 18 heavy (non-hydrogen) atoms. The van der Waals surface area contributed by atoms with Gasteiger partial charge in [-0.3, -0.25) is 9.78 Å². The number of aromatic nitrogens is 1. The summed E-state index contributed by atoms with van der Waals surface area (Å²) in [5.74, 6) is -1.51. The molecule has 2 aromatic rings. The lowest BCUT2D eigenvalue weighted by Crippen LogP contribution is -2.13. The second kappa shape index (κ2) is 5.01. The molecule has 0 radical (unpaired) electrons. The first-order valence-corrected chi connectivity index (χ1v) is 5.35. The number of phenolic OH excluding ortho intramolecular Hbond substituents is 1. The second-order valence-electron chi connectivity index (χ2n) is 3.48. The molecule has 0 aliphatic carbocycles. The van der Waals surface area contributed by atoms with Crippen LogP contribution in [-0.2, 0) is 0 Å². The van der Waals surface area contributed by atoms with E-state index in [1.54, 1.807) is 0 Å². The summed E-state index contributed by atoms with van der Waals surface area (Å²) < 4.78 is 13.3. The molecule has 6 heteroatoms. The maximum Gasteiger partial charge on any atom is 0.258 e. The van der Waals surface area contributed by atoms with Crippen molar-refractivity contribution in [2.75, 3.05) is 5.32 Å². The number of rotatable bonds is 2. The van der Waals surface area contributed by atoms with Crippen molar-refractivity contribution in [3.63, 3.8) is 0 Å². The number of anilines is 1. The first kappa shape index (κ1) is 12.3. The van der Waals surface area contributed by atoms with Gasteiger partial charge in [0.15, 0.2) is 5.82 Å². The van der Waals surface area contributed by atoms with Crippen LogP contribution in [0.2, 0.25) is 5.02 Å². The van der Waals surface area contributed by atoms with Crippen LogP contribution in [0, 0.1) is 5.82 Å². The zero-order chi connectivity index (χ0) is 13.1. The highest BCUT2D eigenvalue weighted by Gasteiger charge is 2.12. The van der Waals surface area contributed by atoms with E-state index in [9.17, 15) is 14.3 Å². The second-order valence-corrected chi connectivity index (χ2v) is 3.88. The molecule has 0 saturated carbocycles. The number of carbonyl (C=O) groups is 1. The third kappa shape index (κ3) is 2.57. The molecule has 0 atom stereocenters. The van der Waals surface area contributed by atoms with Crippen LogP contribution in [0.15, 0.2) is 36.7 Å². The molecule has 1 amide bonds. The van der Waals surface area contributed by atoms with Gasteiger partial charge in [-0.1, -0.05) is 11.6 Å². The van der Waals surface area contributed by atoms with Crippen molar-refractivity contribution in [1.29, 1.82) is 0 Å². The highest BCUT2D eigenvalue weighted by Crippen LogP contribution is 2.26. The number of phenols is 1. The van der Waals surface area contributed by atoms with Crippen molar-refractivity contribution in [2.45, 2.75) is 0 Å². The summed E-state index contributed by atoms with van der Waals surface area (Å²) in [7, 11) is 0. The van der Waals surface area contributed by atoms with Crippen LogP contribution in [0.25, 0.3) is 0 Å². The highest BCUT2D eigenvalue weighted by molar-refractivity contribution is 6.32. The average Bonchev–Trinajstić information content (AvgIpc) is 2.34. The number of benzene rings is 1. The van der Waals surface area contributed by atoms with E-state index >= 15 is 0 Å². The van der Waals surface area contributed by atoms with Crippen molar-refractivity contribution in [3.05, 3.63) is 53.1 Å². The van der Waals surface area contributed by atoms with E-state index < -0.39 is 11.7 Å². The number of aromatic hydroxyl groups is 1. The Kier molecular flexibility index (Phi) is 3.43. The van der Waals surface area contributed by atoms with Crippen LogP contribution in [0.3, 0.4) is 0 Å². The van der Waals surface area contributed by atoms with Crippen LogP contribution in [0.5, 0.6) is 5.75 Å². The van der Waals surface area contributed by atoms with E-state index in [2.05, 4.69) is 10.3 Å². The fourth-order valence-electron chi connectivity index (χ4n) is 1.35. The third-order valence-corrected chi connectivity index (χ3v) is 2.54. The Morgan fingerprint density at radius 3 is 2.83 bits per heavy atom. The van der Waals surface area contributed by atoms with Crippen LogP contribution in [0.4, 0.5) is 10.1 Å². The molecule has 0 bridgehead atoms. The van der Waals surface area contributed by atoms with Gasteiger partial charge in [-0.05, 0) is 18.2 Å². The molecule has 4 nitrogen and oxygen atoms in total. The molecule has 0 aliphatic heterocycles. The Hall–Kier alpha value is -2.14. The zero-order valence-corrected chi connectivity index (χ0v) is 9.78. The van der Waals surface area contributed by atoms with Crippen LogP contribution in [-0.4, -0.2) is 16.0 Å². The van der Waals surface area contributed by atoms with Gasteiger partial charge in [-0.15, -0.1) is 0 Å². The normalized spacial score (nSPS) is 10.1. The minimum absolute atomic E-state index is 0.126. The van der Waals surface area contributed by atoms with Gasteiger partial charge in [0, 0.05) is 18.0 Å². The quantitative estimate of drug-likeness (QED) is 0.879. The predicted molar refractivity (Wildman–Crippen MR) is 65.3 cm³/mol. The first-order chi connectivity index (χ1) is 8.58. The summed E-state index contributed by atoms with van der Waals surface area (Å²) in [5, 5.41) is 12.0. The molecule has 0 fully saturated rings. The Morgan fingerprint density at radius 1 is 1.39 bits per heavy atom.